The average molecular weight is 499 g/mol. The number of piperazine rings is 1. The molecule has 1 aliphatic rings. The van der Waals surface area contributed by atoms with Gasteiger partial charge in [-0.25, -0.2) is 0 Å². The molecule has 0 aromatic heterocycles. The molecule has 0 spiro atoms. The summed E-state index contributed by atoms with van der Waals surface area (Å²) >= 11 is 0. The molecule has 1 saturated heterocycles. The Balaban J connectivity index is 1.30. The van der Waals surface area contributed by atoms with Gasteiger partial charge in [0.1, 0.15) is 5.75 Å². The van der Waals surface area contributed by atoms with Crippen molar-refractivity contribution in [3.63, 3.8) is 0 Å². The standard InChI is InChI=1S/C26H25F3N4O3/c27-26(28,29)19-4-2-6-21(16-19)31-25(36)18-3-1-5-20(15-18)30-24(35)17-32-11-13-33(14-12-32)22-7-9-23(34)10-8-22/h1-10,15-16,34H,11-14,17H2,(H,30,35)(H,31,36). The van der Waals surface area contributed by atoms with Crippen LogP contribution in [0.4, 0.5) is 30.2 Å². The molecule has 7 nitrogen and oxygen atoms in total. The van der Waals surface area contributed by atoms with E-state index in [-0.39, 0.29) is 29.5 Å². The number of hydrogen-bond donors (Lipinski definition) is 3. The summed E-state index contributed by atoms with van der Waals surface area (Å²) in [6, 6.07) is 17.6. The van der Waals surface area contributed by atoms with Crippen LogP contribution in [-0.2, 0) is 11.0 Å². The van der Waals surface area contributed by atoms with Crippen LogP contribution >= 0.6 is 0 Å². The number of halogens is 3. The average Bonchev–Trinajstić information content (AvgIpc) is 2.85. The van der Waals surface area contributed by atoms with Crippen LogP contribution in [0, 0.1) is 0 Å². The zero-order valence-electron chi connectivity index (χ0n) is 19.3. The molecule has 0 radical (unpaired) electrons. The summed E-state index contributed by atoms with van der Waals surface area (Å²) in [5.74, 6) is -0.606. The number of nitrogens with one attached hydrogen (secondary N) is 2. The minimum Gasteiger partial charge on any atom is -0.508 e. The van der Waals surface area contributed by atoms with Crippen LogP contribution < -0.4 is 15.5 Å². The molecular weight excluding hydrogens is 473 g/mol. The maximum absolute atomic E-state index is 12.9. The molecule has 0 bridgehead atoms. The molecule has 188 valence electrons. The predicted molar refractivity (Wildman–Crippen MR) is 131 cm³/mol. The molecule has 0 unspecified atom stereocenters. The summed E-state index contributed by atoms with van der Waals surface area (Å²) in [6.07, 6.45) is -4.51. The molecular formula is C26H25F3N4O3. The van der Waals surface area contributed by atoms with Gasteiger partial charge in [-0.05, 0) is 60.7 Å². The molecule has 0 saturated carbocycles. The lowest BCUT2D eigenvalue weighted by Crippen LogP contribution is -2.48. The minimum atomic E-state index is -4.51. The van der Waals surface area contributed by atoms with Crippen LogP contribution in [0.1, 0.15) is 15.9 Å². The maximum atomic E-state index is 12.9. The van der Waals surface area contributed by atoms with Gasteiger partial charge in [0.25, 0.3) is 5.91 Å². The summed E-state index contributed by atoms with van der Waals surface area (Å²) in [5.41, 5.74) is 0.796. The molecule has 1 aliphatic heterocycles. The number of carbonyl (C=O) groups is 2. The van der Waals surface area contributed by atoms with Gasteiger partial charge in [-0.2, -0.15) is 13.2 Å². The van der Waals surface area contributed by atoms with Crippen LogP contribution in [0.25, 0.3) is 0 Å². The van der Waals surface area contributed by atoms with Gasteiger partial charge in [0.15, 0.2) is 0 Å². The van der Waals surface area contributed by atoms with Gasteiger partial charge >= 0.3 is 6.18 Å². The summed E-state index contributed by atoms with van der Waals surface area (Å²) < 4.78 is 38.7. The van der Waals surface area contributed by atoms with Crippen LogP contribution in [-0.4, -0.2) is 54.5 Å². The van der Waals surface area contributed by atoms with Gasteiger partial charge < -0.3 is 20.6 Å². The number of hydrogen-bond acceptors (Lipinski definition) is 5. The van der Waals surface area contributed by atoms with E-state index in [9.17, 15) is 27.9 Å². The smallest absolute Gasteiger partial charge is 0.416 e. The highest BCUT2D eigenvalue weighted by atomic mass is 19.4. The number of amides is 2. The Morgan fingerprint density at radius 2 is 1.47 bits per heavy atom. The molecule has 1 fully saturated rings. The van der Waals surface area contributed by atoms with Crippen molar-refractivity contribution in [2.24, 2.45) is 0 Å². The monoisotopic (exact) mass is 498 g/mol. The van der Waals surface area contributed by atoms with Crippen molar-refractivity contribution in [3.8, 4) is 5.75 Å². The Kier molecular flexibility index (Phi) is 7.44. The molecule has 10 heteroatoms. The Labute approximate surface area is 206 Å². The highest BCUT2D eigenvalue weighted by Gasteiger charge is 2.30. The predicted octanol–water partition coefficient (Wildman–Crippen LogP) is 4.42. The Bertz CT molecular complexity index is 1220. The molecule has 4 rings (SSSR count). The second kappa shape index (κ2) is 10.7. The molecule has 0 aliphatic carbocycles. The fourth-order valence-electron chi connectivity index (χ4n) is 3.95. The van der Waals surface area contributed by atoms with E-state index < -0.39 is 17.6 Å². The number of phenolic OH excluding ortho intramolecular Hbond substituents is 1. The number of aromatic hydroxyl groups is 1. The highest BCUT2D eigenvalue weighted by molar-refractivity contribution is 6.05. The topological polar surface area (TPSA) is 84.9 Å². The van der Waals surface area contributed by atoms with E-state index in [0.29, 0.717) is 18.8 Å². The summed E-state index contributed by atoms with van der Waals surface area (Å²) in [7, 11) is 0. The first-order valence-corrected chi connectivity index (χ1v) is 11.3. The van der Waals surface area contributed by atoms with Gasteiger partial charge in [-0.1, -0.05) is 12.1 Å². The first-order chi connectivity index (χ1) is 17.2. The third kappa shape index (κ3) is 6.54. The Morgan fingerprint density at radius 1 is 0.833 bits per heavy atom. The van der Waals surface area contributed by atoms with Crippen LogP contribution in [0.3, 0.4) is 0 Å². The van der Waals surface area contributed by atoms with Crippen molar-refractivity contribution in [3.05, 3.63) is 83.9 Å². The third-order valence-corrected chi connectivity index (χ3v) is 5.81. The summed E-state index contributed by atoms with van der Waals surface area (Å²) in [6.45, 7) is 3.04. The highest BCUT2D eigenvalue weighted by Crippen LogP contribution is 2.30. The Hall–Kier alpha value is -4.05. The number of carbonyl (C=O) groups excluding carboxylic acids is 2. The number of phenols is 1. The first-order valence-electron chi connectivity index (χ1n) is 11.3. The zero-order valence-corrected chi connectivity index (χ0v) is 19.3. The number of benzene rings is 3. The fourth-order valence-corrected chi connectivity index (χ4v) is 3.95. The van der Waals surface area contributed by atoms with Crippen molar-refractivity contribution in [2.75, 3.05) is 48.3 Å². The van der Waals surface area contributed by atoms with Gasteiger partial charge in [-0.3, -0.25) is 14.5 Å². The molecule has 36 heavy (non-hydrogen) atoms. The Morgan fingerprint density at radius 3 is 2.14 bits per heavy atom. The van der Waals surface area contributed by atoms with Crippen molar-refractivity contribution in [1.29, 1.82) is 0 Å². The fraction of sp³-hybridized carbons (Fsp3) is 0.231. The zero-order chi connectivity index (χ0) is 25.7. The summed E-state index contributed by atoms with van der Waals surface area (Å²) in [4.78, 5) is 29.3. The van der Waals surface area contributed by atoms with Crippen molar-refractivity contribution >= 4 is 28.9 Å². The van der Waals surface area contributed by atoms with Gasteiger partial charge in [-0.15, -0.1) is 0 Å². The van der Waals surface area contributed by atoms with Crippen molar-refractivity contribution in [1.82, 2.24) is 4.90 Å². The molecule has 3 aromatic rings. The lowest BCUT2D eigenvalue weighted by atomic mass is 10.1. The van der Waals surface area contributed by atoms with Crippen molar-refractivity contribution in [2.45, 2.75) is 6.18 Å². The van der Waals surface area contributed by atoms with Gasteiger partial charge in [0, 0.05) is 48.8 Å². The number of anilines is 3. The molecule has 3 aromatic carbocycles. The third-order valence-electron chi connectivity index (χ3n) is 5.81. The van der Waals surface area contributed by atoms with Crippen LogP contribution in [0.5, 0.6) is 5.75 Å². The SMILES string of the molecule is O=C(CN1CCN(c2ccc(O)cc2)CC1)Nc1cccc(C(=O)Nc2cccc(C(F)(F)F)c2)c1. The van der Waals surface area contributed by atoms with E-state index in [1.165, 1.54) is 24.3 Å². The normalized spacial score (nSPS) is 14.4. The maximum Gasteiger partial charge on any atom is 0.416 e. The van der Waals surface area contributed by atoms with E-state index in [4.69, 9.17) is 0 Å². The number of nitrogens with zero attached hydrogens (tertiary/aromatic N) is 2. The largest absolute Gasteiger partial charge is 0.508 e. The van der Waals surface area contributed by atoms with E-state index in [2.05, 4.69) is 15.5 Å². The molecule has 1 heterocycles. The second-order valence-corrected chi connectivity index (χ2v) is 8.44. The molecule has 3 N–H and O–H groups in total. The first kappa shape index (κ1) is 25.1. The van der Waals surface area contributed by atoms with Crippen LogP contribution in [0.15, 0.2) is 72.8 Å². The minimum absolute atomic E-state index is 0.0238. The summed E-state index contributed by atoms with van der Waals surface area (Å²) in [5, 5.41) is 14.7. The van der Waals surface area contributed by atoms with E-state index in [0.717, 1.165) is 30.9 Å². The van der Waals surface area contributed by atoms with E-state index in [1.807, 2.05) is 17.0 Å². The lowest BCUT2D eigenvalue weighted by molar-refractivity contribution is -0.137. The van der Waals surface area contributed by atoms with E-state index >= 15 is 0 Å². The number of rotatable bonds is 6. The van der Waals surface area contributed by atoms with Gasteiger partial charge in [0.05, 0.1) is 12.1 Å². The van der Waals surface area contributed by atoms with Crippen LogP contribution in [0.2, 0.25) is 0 Å². The number of alkyl halides is 3. The molecule has 2 amide bonds. The lowest BCUT2D eigenvalue weighted by Gasteiger charge is -2.35. The molecule has 0 atom stereocenters. The second-order valence-electron chi connectivity index (χ2n) is 8.44. The van der Waals surface area contributed by atoms with Crippen molar-refractivity contribution < 1.29 is 27.9 Å². The van der Waals surface area contributed by atoms with Gasteiger partial charge in [0.2, 0.25) is 5.91 Å². The van der Waals surface area contributed by atoms with E-state index in [1.54, 1.807) is 24.3 Å². The quantitative estimate of drug-likeness (QED) is 0.469.